The van der Waals surface area contributed by atoms with E-state index in [0.717, 1.165) is 27.4 Å². The first kappa shape index (κ1) is 30.7. The number of anilines is 2. The lowest BCUT2D eigenvalue weighted by Gasteiger charge is -2.16. The van der Waals surface area contributed by atoms with E-state index in [-0.39, 0.29) is 24.8 Å². The standard InChI is InChI=1S/C20H22ClN3O3.C7H5NS.C2H6/c1-13-17(21)3-2-4-18(13)22-11-19(26)23-10-14-5-7-15(8-6-14)24-12-16(25)9-20(24)27;8-5-6-1-3-7(9)4-2-6;1-2/h2-8,16,22,25H,9-12H2,1H3,(H,23,26);1-4,9H;1-2H3. The van der Waals surface area contributed by atoms with Gasteiger partial charge in [-0.2, -0.15) is 5.26 Å². The van der Waals surface area contributed by atoms with Gasteiger partial charge in [-0.3, -0.25) is 9.59 Å². The third-order valence-electron chi connectivity index (χ3n) is 5.55. The number of thiol groups is 1. The summed E-state index contributed by atoms with van der Waals surface area (Å²) >= 11 is 10.1. The highest BCUT2D eigenvalue weighted by Crippen LogP contribution is 2.23. The maximum Gasteiger partial charge on any atom is 0.239 e. The summed E-state index contributed by atoms with van der Waals surface area (Å²) in [5, 5.41) is 24.5. The molecule has 0 bridgehead atoms. The average molecular weight is 553 g/mol. The molecule has 1 heterocycles. The lowest BCUT2D eigenvalue weighted by atomic mass is 10.2. The second-order valence-corrected chi connectivity index (χ2v) is 9.15. The molecule has 1 unspecified atom stereocenters. The number of aliphatic hydroxyl groups is 1. The number of hydrogen-bond donors (Lipinski definition) is 4. The number of nitrogens with one attached hydrogen (secondary N) is 2. The number of benzene rings is 3. The summed E-state index contributed by atoms with van der Waals surface area (Å²) in [6, 6.07) is 22.0. The summed E-state index contributed by atoms with van der Waals surface area (Å²) in [7, 11) is 0. The smallest absolute Gasteiger partial charge is 0.239 e. The number of nitrogens with zero attached hydrogens (tertiary/aromatic N) is 2. The molecule has 3 N–H and O–H groups in total. The van der Waals surface area contributed by atoms with Crippen LogP contribution in [0.25, 0.3) is 0 Å². The Morgan fingerprint density at radius 1 is 1.13 bits per heavy atom. The van der Waals surface area contributed by atoms with Gasteiger partial charge < -0.3 is 20.6 Å². The topological polar surface area (TPSA) is 105 Å². The van der Waals surface area contributed by atoms with Crippen LogP contribution in [0, 0.1) is 18.3 Å². The zero-order valence-electron chi connectivity index (χ0n) is 21.7. The fourth-order valence-corrected chi connectivity index (χ4v) is 3.83. The highest BCUT2D eigenvalue weighted by atomic mass is 35.5. The maximum atomic E-state index is 12.1. The molecular weight excluding hydrogens is 520 g/mol. The van der Waals surface area contributed by atoms with Gasteiger partial charge in [0, 0.05) is 27.8 Å². The van der Waals surface area contributed by atoms with Gasteiger partial charge in [-0.15, -0.1) is 12.6 Å². The van der Waals surface area contributed by atoms with Crippen LogP contribution in [0.1, 0.15) is 37.0 Å². The van der Waals surface area contributed by atoms with Crippen molar-refractivity contribution in [1.29, 1.82) is 5.26 Å². The van der Waals surface area contributed by atoms with Gasteiger partial charge in [-0.05, 0) is 66.6 Å². The van der Waals surface area contributed by atoms with E-state index >= 15 is 0 Å². The summed E-state index contributed by atoms with van der Waals surface area (Å²) in [4.78, 5) is 26.3. The number of aliphatic hydroxyl groups excluding tert-OH is 1. The fourth-order valence-electron chi connectivity index (χ4n) is 3.51. The molecule has 1 atom stereocenters. The fraction of sp³-hybridized carbons (Fsp3) is 0.276. The second-order valence-electron chi connectivity index (χ2n) is 8.23. The van der Waals surface area contributed by atoms with Gasteiger partial charge in [-0.25, -0.2) is 0 Å². The maximum absolute atomic E-state index is 12.1. The van der Waals surface area contributed by atoms with E-state index in [2.05, 4.69) is 23.3 Å². The molecule has 0 aromatic heterocycles. The second kappa shape index (κ2) is 15.7. The van der Waals surface area contributed by atoms with Crippen LogP contribution in [0.4, 0.5) is 11.4 Å². The van der Waals surface area contributed by atoms with Crippen LogP contribution in [-0.2, 0) is 16.1 Å². The first-order chi connectivity index (χ1) is 18.3. The van der Waals surface area contributed by atoms with Gasteiger partial charge in [0.1, 0.15) is 0 Å². The number of carbonyl (C=O) groups is 2. The molecular formula is C29H33ClN4O3S. The minimum atomic E-state index is -0.605. The van der Waals surface area contributed by atoms with Crippen molar-refractivity contribution < 1.29 is 14.7 Å². The van der Waals surface area contributed by atoms with Gasteiger partial charge in [0.2, 0.25) is 11.8 Å². The van der Waals surface area contributed by atoms with E-state index in [0.29, 0.717) is 23.7 Å². The number of nitriles is 1. The molecule has 2 amide bonds. The monoisotopic (exact) mass is 552 g/mol. The molecule has 1 saturated heterocycles. The third kappa shape index (κ3) is 9.42. The Labute approximate surface area is 234 Å². The van der Waals surface area contributed by atoms with E-state index in [4.69, 9.17) is 16.9 Å². The van der Waals surface area contributed by atoms with Crippen molar-refractivity contribution in [3.63, 3.8) is 0 Å². The molecule has 7 nitrogen and oxygen atoms in total. The molecule has 4 rings (SSSR count). The number of carbonyl (C=O) groups excluding carboxylic acids is 2. The van der Waals surface area contributed by atoms with Crippen molar-refractivity contribution in [2.45, 2.75) is 44.7 Å². The normalized spacial score (nSPS) is 13.9. The van der Waals surface area contributed by atoms with Crippen LogP contribution in [0.3, 0.4) is 0 Å². The van der Waals surface area contributed by atoms with E-state index < -0.39 is 6.10 Å². The lowest BCUT2D eigenvalue weighted by molar-refractivity contribution is -0.119. The van der Waals surface area contributed by atoms with Crippen molar-refractivity contribution in [1.82, 2.24) is 5.32 Å². The Kier molecular flexibility index (Phi) is 12.7. The van der Waals surface area contributed by atoms with Crippen LogP contribution >= 0.6 is 24.2 Å². The molecule has 1 aliphatic heterocycles. The summed E-state index contributed by atoms with van der Waals surface area (Å²) in [5.74, 6) is -0.206. The summed E-state index contributed by atoms with van der Waals surface area (Å²) in [5.41, 5.74) is 4.10. The Hall–Kier alpha value is -3.51. The van der Waals surface area contributed by atoms with Gasteiger partial charge in [0.15, 0.2) is 0 Å². The van der Waals surface area contributed by atoms with Crippen LogP contribution in [0.15, 0.2) is 71.6 Å². The molecule has 38 heavy (non-hydrogen) atoms. The molecule has 0 radical (unpaired) electrons. The van der Waals surface area contributed by atoms with Gasteiger partial charge in [-0.1, -0.05) is 43.6 Å². The molecule has 200 valence electrons. The zero-order valence-corrected chi connectivity index (χ0v) is 23.4. The largest absolute Gasteiger partial charge is 0.391 e. The highest BCUT2D eigenvalue weighted by Gasteiger charge is 2.28. The van der Waals surface area contributed by atoms with Gasteiger partial charge in [0.25, 0.3) is 0 Å². The summed E-state index contributed by atoms with van der Waals surface area (Å²) in [6.07, 6.45) is -0.441. The van der Waals surface area contributed by atoms with Crippen LogP contribution in [0.2, 0.25) is 5.02 Å². The molecule has 0 spiro atoms. The first-order valence-corrected chi connectivity index (χ1v) is 13.1. The highest BCUT2D eigenvalue weighted by molar-refractivity contribution is 7.80. The number of β-amino-alcohol motifs (C(OH)–C–C–N with tert-alkyl or cyclic N) is 1. The van der Waals surface area contributed by atoms with Crippen LogP contribution < -0.4 is 15.5 Å². The van der Waals surface area contributed by atoms with Crippen molar-refractivity contribution in [2.75, 3.05) is 23.3 Å². The SMILES string of the molecule is CC.Cc1c(Cl)cccc1NCC(=O)NCc1ccc(N2CC(O)CC2=O)cc1.N#Cc1ccc(S)cc1. The summed E-state index contributed by atoms with van der Waals surface area (Å²) in [6.45, 7) is 6.77. The van der Waals surface area contributed by atoms with Crippen LogP contribution in [-0.4, -0.2) is 36.1 Å². The molecule has 3 aromatic rings. The Balaban J connectivity index is 0.000000387. The van der Waals surface area contributed by atoms with Crippen molar-refractivity contribution in [3.8, 4) is 6.07 Å². The first-order valence-electron chi connectivity index (χ1n) is 12.3. The average Bonchev–Trinajstić information content (AvgIpc) is 3.28. The number of halogens is 1. The molecule has 0 aliphatic carbocycles. The summed E-state index contributed by atoms with van der Waals surface area (Å²) < 4.78 is 0. The minimum Gasteiger partial charge on any atom is -0.391 e. The molecule has 1 aliphatic rings. The zero-order chi connectivity index (χ0) is 28.1. The van der Waals surface area contributed by atoms with E-state index in [9.17, 15) is 14.7 Å². The molecule has 9 heteroatoms. The predicted octanol–water partition coefficient (Wildman–Crippen LogP) is 5.35. The Bertz CT molecular complexity index is 1240. The van der Waals surface area contributed by atoms with Gasteiger partial charge in [0.05, 0.1) is 37.2 Å². The third-order valence-corrected chi connectivity index (χ3v) is 6.25. The Morgan fingerprint density at radius 3 is 2.37 bits per heavy atom. The van der Waals surface area contributed by atoms with E-state index in [1.165, 1.54) is 0 Å². The quantitative estimate of drug-likeness (QED) is 0.309. The van der Waals surface area contributed by atoms with Crippen molar-refractivity contribution in [3.05, 3.63) is 88.4 Å². The molecule has 1 fully saturated rings. The van der Waals surface area contributed by atoms with Crippen molar-refractivity contribution in [2.24, 2.45) is 0 Å². The van der Waals surface area contributed by atoms with Crippen LogP contribution in [0.5, 0.6) is 0 Å². The molecule has 3 aromatic carbocycles. The van der Waals surface area contributed by atoms with Gasteiger partial charge >= 0.3 is 0 Å². The predicted molar refractivity (Wildman–Crippen MR) is 156 cm³/mol. The van der Waals surface area contributed by atoms with E-state index in [1.807, 2.05) is 69.3 Å². The lowest BCUT2D eigenvalue weighted by Crippen LogP contribution is -2.29. The Morgan fingerprint density at radius 2 is 1.79 bits per heavy atom. The minimum absolute atomic E-state index is 0.0778. The number of amides is 2. The van der Waals surface area contributed by atoms with E-state index in [1.54, 1.807) is 29.2 Å². The number of hydrogen-bond acceptors (Lipinski definition) is 6. The van der Waals surface area contributed by atoms with Crippen molar-refractivity contribution >= 4 is 47.4 Å². The number of rotatable bonds is 6. The molecule has 0 saturated carbocycles.